The molecule has 0 aliphatic carbocycles. The van der Waals surface area contributed by atoms with E-state index in [1.807, 2.05) is 24.3 Å². The Kier molecular flexibility index (Phi) is 5.39. The lowest BCUT2D eigenvalue weighted by Crippen LogP contribution is -2.45. The monoisotopic (exact) mass is 310 g/mol. The molecule has 21 heavy (non-hydrogen) atoms. The standard InChI is InChI=1S/C16H19FN2O.ClH/c1-12-11-13(4-5-14(12)17)16(15-3-2-10-20-15)19-8-6-18-7-9-19;/h2-5,10-11,16,18H,6-9H2,1H3;1H/t16-;/m1./s1. The quantitative estimate of drug-likeness (QED) is 0.944. The minimum absolute atomic E-state index is 0. The van der Waals surface area contributed by atoms with E-state index in [2.05, 4.69) is 10.2 Å². The highest BCUT2D eigenvalue weighted by molar-refractivity contribution is 5.85. The lowest BCUT2D eigenvalue weighted by atomic mass is 10.00. The summed E-state index contributed by atoms with van der Waals surface area (Å²) in [5, 5.41) is 3.35. The number of piperazine rings is 1. The van der Waals surface area contributed by atoms with E-state index in [4.69, 9.17) is 4.42 Å². The summed E-state index contributed by atoms with van der Waals surface area (Å²) in [7, 11) is 0. The largest absolute Gasteiger partial charge is 0.467 e. The van der Waals surface area contributed by atoms with Crippen molar-refractivity contribution in [3.05, 3.63) is 59.3 Å². The first kappa shape index (κ1) is 16.0. The topological polar surface area (TPSA) is 28.4 Å². The van der Waals surface area contributed by atoms with Gasteiger partial charge in [-0.1, -0.05) is 12.1 Å². The summed E-state index contributed by atoms with van der Waals surface area (Å²) in [6.45, 7) is 5.66. The molecule has 3 nitrogen and oxygen atoms in total. The Morgan fingerprint density at radius 2 is 2.00 bits per heavy atom. The van der Waals surface area contributed by atoms with E-state index in [0.29, 0.717) is 5.56 Å². The summed E-state index contributed by atoms with van der Waals surface area (Å²) < 4.78 is 19.1. The molecule has 0 amide bonds. The van der Waals surface area contributed by atoms with Crippen LogP contribution < -0.4 is 5.32 Å². The van der Waals surface area contributed by atoms with Crippen molar-refractivity contribution in [2.75, 3.05) is 26.2 Å². The normalized spacial score (nSPS) is 17.2. The number of hydrogen-bond donors (Lipinski definition) is 1. The van der Waals surface area contributed by atoms with Gasteiger partial charge in [-0.15, -0.1) is 12.4 Å². The summed E-state index contributed by atoms with van der Waals surface area (Å²) in [5.74, 6) is 0.755. The van der Waals surface area contributed by atoms with Crippen molar-refractivity contribution in [2.45, 2.75) is 13.0 Å². The van der Waals surface area contributed by atoms with E-state index >= 15 is 0 Å². The highest BCUT2D eigenvalue weighted by Gasteiger charge is 2.26. The molecule has 0 bridgehead atoms. The summed E-state index contributed by atoms with van der Waals surface area (Å²) in [6.07, 6.45) is 1.70. The minimum atomic E-state index is -0.160. The molecule has 1 atom stereocenters. The molecule has 1 aromatic carbocycles. The predicted octanol–water partition coefficient (Wildman–Crippen LogP) is 3.14. The van der Waals surface area contributed by atoms with Gasteiger partial charge in [-0.3, -0.25) is 4.90 Å². The van der Waals surface area contributed by atoms with Crippen molar-refractivity contribution in [2.24, 2.45) is 0 Å². The molecule has 1 aromatic heterocycles. The van der Waals surface area contributed by atoms with Crippen LogP contribution in [-0.4, -0.2) is 31.1 Å². The molecule has 0 unspecified atom stereocenters. The fourth-order valence-electron chi connectivity index (χ4n) is 2.78. The number of nitrogens with one attached hydrogen (secondary N) is 1. The highest BCUT2D eigenvalue weighted by Crippen LogP contribution is 2.30. The third-order valence-corrected chi connectivity index (χ3v) is 3.83. The number of hydrogen-bond acceptors (Lipinski definition) is 3. The summed E-state index contributed by atoms with van der Waals surface area (Å²) in [6, 6.07) is 9.28. The van der Waals surface area contributed by atoms with Gasteiger partial charge in [0.2, 0.25) is 0 Å². The van der Waals surface area contributed by atoms with E-state index in [1.165, 1.54) is 0 Å². The van der Waals surface area contributed by atoms with Crippen molar-refractivity contribution < 1.29 is 8.81 Å². The number of benzene rings is 1. The van der Waals surface area contributed by atoms with E-state index in [1.54, 1.807) is 19.3 Å². The maximum Gasteiger partial charge on any atom is 0.126 e. The molecule has 5 heteroatoms. The molecule has 1 N–H and O–H groups in total. The summed E-state index contributed by atoms with van der Waals surface area (Å²) in [5.41, 5.74) is 1.76. The zero-order chi connectivity index (χ0) is 13.9. The Hall–Kier alpha value is -1.36. The Bertz CT molecular complexity index is 568. The molecule has 2 heterocycles. The van der Waals surface area contributed by atoms with Crippen LogP contribution in [0.4, 0.5) is 4.39 Å². The number of rotatable bonds is 3. The molecule has 0 spiro atoms. The molecular formula is C16H20ClFN2O. The lowest BCUT2D eigenvalue weighted by Gasteiger charge is -2.34. The molecule has 1 aliphatic heterocycles. The first-order chi connectivity index (χ1) is 9.75. The molecule has 0 saturated carbocycles. The van der Waals surface area contributed by atoms with Crippen LogP contribution >= 0.6 is 12.4 Å². The zero-order valence-corrected chi connectivity index (χ0v) is 12.8. The van der Waals surface area contributed by atoms with Gasteiger partial charge in [-0.25, -0.2) is 4.39 Å². The maximum absolute atomic E-state index is 13.5. The third kappa shape index (κ3) is 3.46. The van der Waals surface area contributed by atoms with E-state index < -0.39 is 0 Å². The smallest absolute Gasteiger partial charge is 0.126 e. The van der Waals surface area contributed by atoms with E-state index in [-0.39, 0.29) is 24.3 Å². The first-order valence-electron chi connectivity index (χ1n) is 7.00. The lowest BCUT2D eigenvalue weighted by molar-refractivity contribution is 0.180. The van der Waals surface area contributed by atoms with Crippen LogP contribution in [0.25, 0.3) is 0 Å². The van der Waals surface area contributed by atoms with Crippen LogP contribution in [0.3, 0.4) is 0 Å². The molecule has 0 radical (unpaired) electrons. The minimum Gasteiger partial charge on any atom is -0.467 e. The molecular weight excluding hydrogens is 291 g/mol. The Labute approximate surface area is 130 Å². The predicted molar refractivity (Wildman–Crippen MR) is 83.4 cm³/mol. The SMILES string of the molecule is Cc1cc([C@H](c2ccco2)N2CCNCC2)ccc1F.Cl. The Balaban J connectivity index is 0.00000161. The fourth-order valence-corrected chi connectivity index (χ4v) is 2.78. The Morgan fingerprint density at radius 1 is 1.24 bits per heavy atom. The van der Waals surface area contributed by atoms with Crippen LogP contribution in [0.5, 0.6) is 0 Å². The van der Waals surface area contributed by atoms with Gasteiger partial charge in [0.05, 0.1) is 12.3 Å². The van der Waals surface area contributed by atoms with Crippen molar-refractivity contribution in [3.63, 3.8) is 0 Å². The number of aryl methyl sites for hydroxylation is 1. The molecule has 1 saturated heterocycles. The third-order valence-electron chi connectivity index (χ3n) is 3.83. The fraction of sp³-hybridized carbons (Fsp3) is 0.375. The summed E-state index contributed by atoms with van der Waals surface area (Å²) in [4.78, 5) is 2.38. The van der Waals surface area contributed by atoms with Crippen molar-refractivity contribution in [1.29, 1.82) is 0 Å². The van der Waals surface area contributed by atoms with Crippen molar-refractivity contribution in [1.82, 2.24) is 10.2 Å². The van der Waals surface area contributed by atoms with Gasteiger partial charge in [0.25, 0.3) is 0 Å². The van der Waals surface area contributed by atoms with Gasteiger partial charge in [-0.05, 0) is 36.2 Å². The highest BCUT2D eigenvalue weighted by atomic mass is 35.5. The molecule has 3 rings (SSSR count). The van der Waals surface area contributed by atoms with Crippen LogP contribution in [0.2, 0.25) is 0 Å². The second-order valence-corrected chi connectivity index (χ2v) is 5.21. The van der Waals surface area contributed by atoms with Crippen LogP contribution in [0.15, 0.2) is 41.0 Å². The van der Waals surface area contributed by atoms with E-state index in [9.17, 15) is 4.39 Å². The van der Waals surface area contributed by atoms with Gasteiger partial charge < -0.3 is 9.73 Å². The van der Waals surface area contributed by atoms with Crippen molar-refractivity contribution in [3.8, 4) is 0 Å². The van der Waals surface area contributed by atoms with Gasteiger partial charge >= 0.3 is 0 Å². The van der Waals surface area contributed by atoms with Crippen LogP contribution in [-0.2, 0) is 0 Å². The zero-order valence-electron chi connectivity index (χ0n) is 12.0. The average molecular weight is 311 g/mol. The molecule has 1 fully saturated rings. The second-order valence-electron chi connectivity index (χ2n) is 5.21. The number of furan rings is 1. The number of halogens is 2. The van der Waals surface area contributed by atoms with E-state index in [0.717, 1.165) is 37.5 Å². The average Bonchev–Trinajstić information content (AvgIpc) is 2.98. The molecule has 2 aromatic rings. The Morgan fingerprint density at radius 3 is 2.62 bits per heavy atom. The van der Waals surface area contributed by atoms with Gasteiger partial charge in [0.15, 0.2) is 0 Å². The molecule has 114 valence electrons. The number of nitrogens with zero attached hydrogens (tertiary/aromatic N) is 1. The van der Waals surface area contributed by atoms with Gasteiger partial charge in [0.1, 0.15) is 11.6 Å². The molecule has 1 aliphatic rings. The van der Waals surface area contributed by atoms with Gasteiger partial charge in [-0.2, -0.15) is 0 Å². The first-order valence-corrected chi connectivity index (χ1v) is 7.00. The van der Waals surface area contributed by atoms with Crippen molar-refractivity contribution >= 4 is 12.4 Å². The van der Waals surface area contributed by atoms with Crippen LogP contribution in [0.1, 0.15) is 22.9 Å². The maximum atomic E-state index is 13.5. The van der Waals surface area contributed by atoms with Crippen LogP contribution in [0, 0.1) is 12.7 Å². The van der Waals surface area contributed by atoms with Gasteiger partial charge in [0, 0.05) is 26.2 Å². The summed E-state index contributed by atoms with van der Waals surface area (Å²) >= 11 is 0. The second kappa shape index (κ2) is 7.07.